The molecule has 1 N–H and O–H groups in total. The molecular weight excluding hydrogens is 296 g/mol. The SMILES string of the molecule is Cn1ncnc1NC(=O)Cn1cnc(-c2ccccc2)cc1=O. The zero-order valence-electron chi connectivity index (χ0n) is 12.4. The molecule has 23 heavy (non-hydrogen) atoms. The summed E-state index contributed by atoms with van der Waals surface area (Å²) in [4.78, 5) is 32.2. The van der Waals surface area contributed by atoms with Gasteiger partial charge in [0, 0.05) is 18.7 Å². The highest BCUT2D eigenvalue weighted by molar-refractivity contribution is 5.88. The molecule has 2 heterocycles. The van der Waals surface area contributed by atoms with Gasteiger partial charge in [-0.1, -0.05) is 30.3 Å². The molecule has 0 aliphatic carbocycles. The van der Waals surface area contributed by atoms with E-state index >= 15 is 0 Å². The fourth-order valence-electron chi connectivity index (χ4n) is 2.04. The number of rotatable bonds is 4. The van der Waals surface area contributed by atoms with Crippen LogP contribution in [0.4, 0.5) is 5.95 Å². The Labute approximate surface area is 131 Å². The third kappa shape index (κ3) is 3.31. The first kappa shape index (κ1) is 14.6. The number of aryl methyl sites for hydroxylation is 1. The van der Waals surface area contributed by atoms with Crippen LogP contribution in [0.25, 0.3) is 11.3 Å². The van der Waals surface area contributed by atoms with Crippen molar-refractivity contribution in [1.82, 2.24) is 24.3 Å². The number of nitrogens with one attached hydrogen (secondary N) is 1. The zero-order chi connectivity index (χ0) is 16.2. The van der Waals surface area contributed by atoms with Crippen molar-refractivity contribution in [2.24, 2.45) is 7.05 Å². The van der Waals surface area contributed by atoms with Crippen molar-refractivity contribution >= 4 is 11.9 Å². The van der Waals surface area contributed by atoms with Crippen LogP contribution in [0.2, 0.25) is 0 Å². The molecule has 1 aromatic carbocycles. The molecule has 8 nitrogen and oxygen atoms in total. The molecule has 0 radical (unpaired) electrons. The number of nitrogens with zero attached hydrogens (tertiary/aromatic N) is 5. The highest BCUT2D eigenvalue weighted by Crippen LogP contribution is 2.13. The Morgan fingerprint density at radius 1 is 1.22 bits per heavy atom. The first-order chi connectivity index (χ1) is 11.1. The second kappa shape index (κ2) is 6.22. The molecular formula is C15H14N6O2. The van der Waals surface area contributed by atoms with Crippen LogP contribution in [-0.2, 0) is 18.4 Å². The Morgan fingerprint density at radius 2 is 2.00 bits per heavy atom. The van der Waals surface area contributed by atoms with Gasteiger partial charge in [0.1, 0.15) is 12.9 Å². The first-order valence-electron chi connectivity index (χ1n) is 6.89. The van der Waals surface area contributed by atoms with Crippen molar-refractivity contribution in [3.8, 4) is 11.3 Å². The molecule has 0 aliphatic rings. The van der Waals surface area contributed by atoms with Crippen molar-refractivity contribution < 1.29 is 4.79 Å². The van der Waals surface area contributed by atoms with Gasteiger partial charge in [-0.05, 0) is 0 Å². The Morgan fingerprint density at radius 3 is 2.65 bits per heavy atom. The van der Waals surface area contributed by atoms with E-state index in [1.807, 2.05) is 30.3 Å². The van der Waals surface area contributed by atoms with Gasteiger partial charge in [-0.2, -0.15) is 10.1 Å². The van der Waals surface area contributed by atoms with E-state index < -0.39 is 0 Å². The maximum atomic E-state index is 12.1. The number of aromatic nitrogens is 5. The number of benzene rings is 1. The molecule has 3 aromatic rings. The minimum atomic E-state index is -0.377. The summed E-state index contributed by atoms with van der Waals surface area (Å²) < 4.78 is 2.66. The maximum absolute atomic E-state index is 12.1. The van der Waals surface area contributed by atoms with Crippen molar-refractivity contribution in [1.29, 1.82) is 0 Å². The second-order valence-corrected chi connectivity index (χ2v) is 4.86. The summed E-state index contributed by atoms with van der Waals surface area (Å²) in [5.74, 6) is -0.0608. The van der Waals surface area contributed by atoms with Gasteiger partial charge in [-0.3, -0.25) is 19.5 Å². The first-order valence-corrected chi connectivity index (χ1v) is 6.89. The number of carbonyl (C=O) groups is 1. The standard InChI is InChI=1S/C15H14N6O2/c1-20-15(16-9-18-20)19-13(22)8-21-10-17-12(7-14(21)23)11-5-3-2-4-6-11/h2-7,9-10H,8H2,1H3,(H,16,18,19,22). The average Bonchev–Trinajstić information content (AvgIpc) is 2.95. The molecule has 0 aliphatic heterocycles. The van der Waals surface area contributed by atoms with Crippen LogP contribution in [0.15, 0.2) is 53.8 Å². The van der Waals surface area contributed by atoms with Crippen molar-refractivity contribution in [2.75, 3.05) is 5.32 Å². The lowest BCUT2D eigenvalue weighted by atomic mass is 10.1. The molecule has 0 unspecified atom stereocenters. The van der Waals surface area contributed by atoms with Gasteiger partial charge in [0.2, 0.25) is 11.9 Å². The molecule has 0 bridgehead atoms. The van der Waals surface area contributed by atoms with Crippen LogP contribution in [0, 0.1) is 0 Å². The summed E-state index contributed by atoms with van der Waals surface area (Å²) in [5, 5.41) is 6.42. The molecule has 0 saturated carbocycles. The van der Waals surface area contributed by atoms with Crippen LogP contribution in [0.3, 0.4) is 0 Å². The molecule has 1 amide bonds. The summed E-state index contributed by atoms with van der Waals surface area (Å²) in [6.45, 7) is -0.145. The Bertz CT molecular complexity index is 884. The lowest BCUT2D eigenvalue weighted by Gasteiger charge is -2.07. The number of carbonyl (C=O) groups excluding carboxylic acids is 1. The summed E-state index contributed by atoms with van der Waals surface area (Å²) in [5.41, 5.74) is 1.12. The molecule has 0 fully saturated rings. The average molecular weight is 310 g/mol. The Balaban J connectivity index is 1.75. The van der Waals surface area contributed by atoms with E-state index in [9.17, 15) is 9.59 Å². The molecule has 8 heteroatoms. The summed E-state index contributed by atoms with van der Waals surface area (Å²) >= 11 is 0. The Hall–Kier alpha value is -3.29. The smallest absolute Gasteiger partial charge is 0.254 e. The normalized spacial score (nSPS) is 10.5. The predicted molar refractivity (Wildman–Crippen MR) is 83.6 cm³/mol. The zero-order valence-corrected chi connectivity index (χ0v) is 12.4. The monoisotopic (exact) mass is 310 g/mol. The van der Waals surface area contributed by atoms with E-state index in [4.69, 9.17) is 0 Å². The van der Waals surface area contributed by atoms with Gasteiger partial charge in [0.15, 0.2) is 0 Å². The third-order valence-corrected chi connectivity index (χ3v) is 3.23. The van der Waals surface area contributed by atoms with Crippen LogP contribution in [0.5, 0.6) is 0 Å². The minimum absolute atomic E-state index is 0.145. The summed E-state index contributed by atoms with van der Waals surface area (Å²) in [7, 11) is 1.66. The highest BCUT2D eigenvalue weighted by atomic mass is 16.2. The van der Waals surface area contributed by atoms with Crippen LogP contribution < -0.4 is 10.9 Å². The molecule has 0 atom stereocenters. The van der Waals surface area contributed by atoms with Gasteiger partial charge in [0.05, 0.1) is 12.0 Å². The van der Waals surface area contributed by atoms with Crippen molar-refractivity contribution in [2.45, 2.75) is 6.54 Å². The number of anilines is 1. The number of hydrogen-bond donors (Lipinski definition) is 1. The van der Waals surface area contributed by atoms with Gasteiger partial charge < -0.3 is 0 Å². The van der Waals surface area contributed by atoms with E-state index in [0.29, 0.717) is 11.6 Å². The second-order valence-electron chi connectivity index (χ2n) is 4.86. The molecule has 0 spiro atoms. The van der Waals surface area contributed by atoms with Crippen LogP contribution >= 0.6 is 0 Å². The molecule has 116 valence electrons. The van der Waals surface area contributed by atoms with Crippen LogP contribution in [-0.4, -0.2) is 30.2 Å². The quantitative estimate of drug-likeness (QED) is 0.764. The molecule has 0 saturated heterocycles. The molecule has 3 rings (SSSR count). The van der Waals surface area contributed by atoms with E-state index in [2.05, 4.69) is 20.4 Å². The largest absolute Gasteiger partial charge is 0.293 e. The van der Waals surface area contributed by atoms with E-state index in [0.717, 1.165) is 5.56 Å². The van der Waals surface area contributed by atoms with E-state index in [-0.39, 0.29) is 18.0 Å². The third-order valence-electron chi connectivity index (χ3n) is 3.23. The fraction of sp³-hybridized carbons (Fsp3) is 0.133. The Kier molecular flexibility index (Phi) is 3.96. The van der Waals surface area contributed by atoms with Gasteiger partial charge in [-0.15, -0.1) is 0 Å². The maximum Gasteiger partial charge on any atom is 0.254 e. The highest BCUT2D eigenvalue weighted by Gasteiger charge is 2.09. The minimum Gasteiger partial charge on any atom is -0.293 e. The molecule has 2 aromatic heterocycles. The van der Waals surface area contributed by atoms with Gasteiger partial charge in [0.25, 0.3) is 5.56 Å². The summed E-state index contributed by atoms with van der Waals surface area (Å²) in [6.07, 6.45) is 2.69. The fourth-order valence-corrected chi connectivity index (χ4v) is 2.04. The lowest BCUT2D eigenvalue weighted by Crippen LogP contribution is -2.28. The number of hydrogen-bond acceptors (Lipinski definition) is 5. The lowest BCUT2D eigenvalue weighted by molar-refractivity contribution is -0.116. The van der Waals surface area contributed by atoms with E-state index in [1.54, 1.807) is 7.05 Å². The van der Waals surface area contributed by atoms with E-state index in [1.165, 1.54) is 28.0 Å². The van der Waals surface area contributed by atoms with Crippen LogP contribution in [0.1, 0.15) is 0 Å². The van der Waals surface area contributed by atoms with Crippen molar-refractivity contribution in [3.05, 3.63) is 59.4 Å². The predicted octanol–water partition coefficient (Wildman–Crippen LogP) is 0.677. The number of amides is 1. The van der Waals surface area contributed by atoms with Crippen molar-refractivity contribution in [3.63, 3.8) is 0 Å². The van der Waals surface area contributed by atoms with Gasteiger partial charge in [-0.25, -0.2) is 9.67 Å². The van der Waals surface area contributed by atoms with Gasteiger partial charge >= 0.3 is 0 Å². The summed E-state index contributed by atoms with van der Waals surface area (Å²) in [6, 6.07) is 10.8. The topological polar surface area (TPSA) is 94.7 Å².